The number of carbonyl (C=O) groups is 3. The largest absolute Gasteiger partial charge is 0.490 e. The van der Waals surface area contributed by atoms with Crippen LogP contribution in [0, 0.1) is 5.82 Å². The van der Waals surface area contributed by atoms with E-state index >= 15 is 0 Å². The van der Waals surface area contributed by atoms with Crippen molar-refractivity contribution in [3.63, 3.8) is 0 Å². The number of amides is 3. The standard InChI is InChI=1S/C22H21FN2O6/c1-3-30-19-11-14(8-9-18(19)31-13-20(26)29-2)10-17-21(27)25(22(28)24-17)12-15-6-4-5-7-16(15)23/h4-11H,3,12-13H2,1-2H3,(H,24,28). The number of hydrogen-bond donors (Lipinski definition) is 1. The highest BCUT2D eigenvalue weighted by Crippen LogP contribution is 2.30. The molecule has 3 rings (SSSR count). The third-order valence-electron chi connectivity index (χ3n) is 4.40. The summed E-state index contributed by atoms with van der Waals surface area (Å²) in [6, 6.07) is 10.1. The molecule has 31 heavy (non-hydrogen) atoms. The van der Waals surface area contributed by atoms with Gasteiger partial charge in [0, 0.05) is 5.56 Å². The van der Waals surface area contributed by atoms with Gasteiger partial charge >= 0.3 is 12.0 Å². The quantitative estimate of drug-likeness (QED) is 0.395. The lowest BCUT2D eigenvalue weighted by atomic mass is 10.1. The Labute approximate surface area is 178 Å². The van der Waals surface area contributed by atoms with Gasteiger partial charge in [0.25, 0.3) is 5.91 Å². The molecule has 0 radical (unpaired) electrons. The molecule has 1 fully saturated rings. The van der Waals surface area contributed by atoms with E-state index in [-0.39, 0.29) is 24.4 Å². The maximum Gasteiger partial charge on any atom is 0.343 e. The van der Waals surface area contributed by atoms with E-state index in [1.165, 1.54) is 31.4 Å². The van der Waals surface area contributed by atoms with Crippen LogP contribution in [0.2, 0.25) is 0 Å². The summed E-state index contributed by atoms with van der Waals surface area (Å²) in [6.45, 7) is 1.67. The monoisotopic (exact) mass is 428 g/mol. The molecule has 1 aliphatic heterocycles. The SMILES string of the molecule is CCOc1cc(C=C2NC(=O)N(Cc3ccccc3F)C2=O)ccc1OCC(=O)OC. The third-order valence-corrected chi connectivity index (χ3v) is 4.40. The number of hydrogen-bond acceptors (Lipinski definition) is 6. The zero-order valence-corrected chi connectivity index (χ0v) is 17.0. The molecule has 0 saturated carbocycles. The van der Waals surface area contributed by atoms with Crippen LogP contribution in [0.5, 0.6) is 11.5 Å². The van der Waals surface area contributed by atoms with E-state index in [0.29, 0.717) is 23.7 Å². The summed E-state index contributed by atoms with van der Waals surface area (Å²) in [5.74, 6) is -0.914. The van der Waals surface area contributed by atoms with Crippen molar-refractivity contribution in [1.29, 1.82) is 0 Å². The first-order chi connectivity index (χ1) is 14.9. The normalized spacial score (nSPS) is 14.5. The van der Waals surface area contributed by atoms with Crippen LogP contribution in [-0.2, 0) is 20.9 Å². The maximum atomic E-state index is 13.9. The number of ether oxygens (including phenoxy) is 3. The van der Waals surface area contributed by atoms with Gasteiger partial charge in [0.05, 0.1) is 20.3 Å². The number of methoxy groups -OCH3 is 1. The molecule has 0 bridgehead atoms. The fourth-order valence-corrected chi connectivity index (χ4v) is 2.88. The molecule has 3 amide bonds. The van der Waals surface area contributed by atoms with E-state index < -0.39 is 23.7 Å². The third kappa shape index (κ3) is 5.19. The number of esters is 1. The number of nitrogens with zero attached hydrogens (tertiary/aromatic N) is 1. The summed E-state index contributed by atoms with van der Waals surface area (Å²) < 4.78 is 29.4. The highest BCUT2D eigenvalue weighted by Gasteiger charge is 2.34. The molecule has 0 atom stereocenters. The molecular weight excluding hydrogens is 407 g/mol. The molecule has 0 aliphatic carbocycles. The van der Waals surface area contributed by atoms with Crippen molar-refractivity contribution in [3.8, 4) is 11.5 Å². The van der Waals surface area contributed by atoms with Gasteiger partial charge in [0.15, 0.2) is 18.1 Å². The first-order valence-electron chi connectivity index (χ1n) is 9.47. The molecule has 0 unspecified atom stereocenters. The smallest absolute Gasteiger partial charge is 0.343 e. The minimum Gasteiger partial charge on any atom is -0.490 e. The summed E-state index contributed by atoms with van der Waals surface area (Å²) in [4.78, 5) is 37.1. The van der Waals surface area contributed by atoms with E-state index in [0.717, 1.165) is 4.90 Å². The van der Waals surface area contributed by atoms with Crippen LogP contribution < -0.4 is 14.8 Å². The lowest BCUT2D eigenvalue weighted by Crippen LogP contribution is -2.30. The van der Waals surface area contributed by atoms with Gasteiger partial charge in [-0.25, -0.2) is 14.0 Å². The van der Waals surface area contributed by atoms with Gasteiger partial charge in [-0.3, -0.25) is 9.69 Å². The Morgan fingerprint density at radius 1 is 1.13 bits per heavy atom. The first-order valence-corrected chi connectivity index (χ1v) is 9.47. The Kier molecular flexibility index (Phi) is 6.86. The number of imide groups is 1. The van der Waals surface area contributed by atoms with Gasteiger partial charge in [0.2, 0.25) is 0 Å². The van der Waals surface area contributed by atoms with E-state index in [4.69, 9.17) is 9.47 Å². The zero-order chi connectivity index (χ0) is 22.4. The number of benzene rings is 2. The van der Waals surface area contributed by atoms with Crippen molar-refractivity contribution in [2.45, 2.75) is 13.5 Å². The summed E-state index contributed by atoms with van der Waals surface area (Å²) in [6.07, 6.45) is 1.48. The predicted octanol–water partition coefficient (Wildman–Crippen LogP) is 2.87. The second-order valence-electron chi connectivity index (χ2n) is 6.47. The number of rotatable bonds is 8. The Morgan fingerprint density at radius 2 is 1.90 bits per heavy atom. The van der Waals surface area contributed by atoms with Gasteiger partial charge in [-0.05, 0) is 36.8 Å². The fourth-order valence-electron chi connectivity index (χ4n) is 2.88. The van der Waals surface area contributed by atoms with Crippen LogP contribution in [-0.4, -0.2) is 43.1 Å². The minimum absolute atomic E-state index is 0.0482. The van der Waals surface area contributed by atoms with Gasteiger partial charge in [-0.15, -0.1) is 0 Å². The van der Waals surface area contributed by atoms with Crippen molar-refractivity contribution >= 4 is 24.0 Å². The van der Waals surface area contributed by atoms with Gasteiger partial charge in [-0.1, -0.05) is 24.3 Å². The number of carbonyl (C=O) groups excluding carboxylic acids is 3. The van der Waals surface area contributed by atoms with Crippen LogP contribution in [0.3, 0.4) is 0 Å². The van der Waals surface area contributed by atoms with E-state index in [2.05, 4.69) is 10.1 Å². The van der Waals surface area contributed by atoms with E-state index in [1.807, 2.05) is 0 Å². The highest BCUT2D eigenvalue weighted by atomic mass is 19.1. The Hall–Kier alpha value is -3.88. The molecule has 0 aromatic heterocycles. The number of urea groups is 1. The van der Waals surface area contributed by atoms with Crippen molar-refractivity contribution in [2.75, 3.05) is 20.3 Å². The van der Waals surface area contributed by atoms with Gasteiger partial charge in [-0.2, -0.15) is 0 Å². The molecular formula is C22H21FN2O6. The zero-order valence-electron chi connectivity index (χ0n) is 17.0. The lowest BCUT2D eigenvalue weighted by Gasteiger charge is -2.12. The van der Waals surface area contributed by atoms with Crippen LogP contribution in [0.25, 0.3) is 6.08 Å². The molecule has 1 saturated heterocycles. The molecule has 2 aromatic carbocycles. The molecule has 1 heterocycles. The topological polar surface area (TPSA) is 94.2 Å². The van der Waals surface area contributed by atoms with Gasteiger partial charge < -0.3 is 19.5 Å². The molecule has 0 spiro atoms. The Morgan fingerprint density at radius 3 is 2.61 bits per heavy atom. The van der Waals surface area contributed by atoms with Crippen LogP contribution in [0.1, 0.15) is 18.1 Å². The van der Waals surface area contributed by atoms with Crippen LogP contribution in [0.4, 0.5) is 9.18 Å². The average Bonchev–Trinajstić information content (AvgIpc) is 3.02. The predicted molar refractivity (Wildman–Crippen MR) is 109 cm³/mol. The minimum atomic E-state index is -0.637. The highest BCUT2D eigenvalue weighted by molar-refractivity contribution is 6.13. The molecule has 1 aliphatic rings. The van der Waals surface area contributed by atoms with Crippen molar-refractivity contribution in [1.82, 2.24) is 10.2 Å². The molecule has 8 nitrogen and oxygen atoms in total. The Balaban J connectivity index is 1.79. The summed E-state index contributed by atoms with van der Waals surface area (Å²) in [5.41, 5.74) is 0.843. The lowest BCUT2D eigenvalue weighted by molar-refractivity contribution is -0.142. The van der Waals surface area contributed by atoms with Crippen LogP contribution >= 0.6 is 0 Å². The average molecular weight is 428 g/mol. The van der Waals surface area contributed by atoms with E-state index in [9.17, 15) is 18.8 Å². The Bertz CT molecular complexity index is 1040. The molecule has 1 N–H and O–H groups in total. The molecule has 9 heteroatoms. The molecule has 162 valence electrons. The van der Waals surface area contributed by atoms with Crippen molar-refractivity contribution < 1.29 is 33.0 Å². The summed E-state index contributed by atoms with van der Waals surface area (Å²) in [7, 11) is 1.26. The number of nitrogens with one attached hydrogen (secondary N) is 1. The fraction of sp³-hybridized carbons (Fsp3) is 0.227. The number of halogens is 1. The summed E-state index contributed by atoms with van der Waals surface area (Å²) in [5, 5.41) is 2.50. The summed E-state index contributed by atoms with van der Waals surface area (Å²) >= 11 is 0. The van der Waals surface area contributed by atoms with Crippen molar-refractivity contribution in [2.24, 2.45) is 0 Å². The maximum absolute atomic E-state index is 13.9. The van der Waals surface area contributed by atoms with Crippen LogP contribution in [0.15, 0.2) is 48.2 Å². The second kappa shape index (κ2) is 9.75. The first kappa shape index (κ1) is 21.8. The second-order valence-corrected chi connectivity index (χ2v) is 6.47. The molecule has 2 aromatic rings. The van der Waals surface area contributed by atoms with Crippen molar-refractivity contribution in [3.05, 3.63) is 65.1 Å². The van der Waals surface area contributed by atoms with E-state index in [1.54, 1.807) is 31.2 Å². The van der Waals surface area contributed by atoms with Gasteiger partial charge in [0.1, 0.15) is 11.5 Å².